The van der Waals surface area contributed by atoms with Gasteiger partial charge in [-0.05, 0) is 62.6 Å². The van der Waals surface area contributed by atoms with Gasteiger partial charge in [-0.15, -0.1) is 0 Å². The minimum Gasteiger partial charge on any atom is -0.462 e. The fourth-order valence-electron chi connectivity index (χ4n) is 2.65. The van der Waals surface area contributed by atoms with Gasteiger partial charge in [-0.1, -0.05) is 29.3 Å². The molecule has 0 saturated carbocycles. The van der Waals surface area contributed by atoms with Crippen LogP contribution in [-0.2, 0) is 9.53 Å². The van der Waals surface area contributed by atoms with Crippen LogP contribution < -0.4 is 5.32 Å². The second kappa shape index (κ2) is 8.67. The number of halogens is 1. The highest BCUT2D eigenvalue weighted by molar-refractivity contribution is 6.30. The van der Waals surface area contributed by atoms with E-state index in [0.717, 1.165) is 16.8 Å². The number of carbonyl (C=O) groups is 2. The molecule has 2 rings (SSSR count). The van der Waals surface area contributed by atoms with Gasteiger partial charge in [0.2, 0.25) is 5.91 Å². The maximum absolute atomic E-state index is 12.1. The molecule has 0 radical (unpaired) electrons. The predicted octanol–water partition coefficient (Wildman–Crippen LogP) is 4.84. The third-order valence-corrected chi connectivity index (χ3v) is 4.05. The van der Waals surface area contributed by atoms with E-state index in [1.54, 1.807) is 24.3 Å². The Hall–Kier alpha value is -2.33. The first-order chi connectivity index (χ1) is 11.9. The second-order valence-electron chi connectivity index (χ2n) is 6.07. The van der Waals surface area contributed by atoms with Crippen molar-refractivity contribution >= 4 is 29.2 Å². The zero-order valence-electron chi connectivity index (χ0n) is 14.7. The van der Waals surface area contributed by atoms with E-state index in [1.807, 2.05) is 32.9 Å². The number of carbonyl (C=O) groups excluding carboxylic acids is 2. The lowest BCUT2D eigenvalue weighted by molar-refractivity contribution is -0.116. The van der Waals surface area contributed by atoms with Crippen LogP contribution in [0.15, 0.2) is 36.4 Å². The highest BCUT2D eigenvalue weighted by Crippen LogP contribution is 2.22. The van der Waals surface area contributed by atoms with Gasteiger partial charge in [-0.3, -0.25) is 4.79 Å². The molecule has 0 heterocycles. The van der Waals surface area contributed by atoms with Gasteiger partial charge in [-0.2, -0.15) is 0 Å². The summed E-state index contributed by atoms with van der Waals surface area (Å²) in [6.45, 7) is 6.17. The van der Waals surface area contributed by atoms with E-state index in [2.05, 4.69) is 5.32 Å². The SMILES string of the molecule is Cc1cc(C)c(NC(=O)CCCOC(=O)c2ccc(Cl)cc2)c(C)c1. The molecule has 0 bridgehead atoms. The van der Waals surface area contributed by atoms with Crippen molar-refractivity contribution in [2.24, 2.45) is 0 Å². The minimum atomic E-state index is -0.415. The molecule has 0 atom stereocenters. The van der Waals surface area contributed by atoms with E-state index >= 15 is 0 Å². The van der Waals surface area contributed by atoms with Crippen molar-refractivity contribution in [2.75, 3.05) is 11.9 Å². The Balaban J connectivity index is 1.77. The monoisotopic (exact) mass is 359 g/mol. The lowest BCUT2D eigenvalue weighted by Gasteiger charge is -2.13. The van der Waals surface area contributed by atoms with E-state index < -0.39 is 5.97 Å². The molecule has 2 aromatic carbocycles. The van der Waals surface area contributed by atoms with Crippen LogP contribution in [0.1, 0.15) is 39.9 Å². The molecule has 0 aliphatic heterocycles. The molecule has 0 fully saturated rings. The van der Waals surface area contributed by atoms with Gasteiger partial charge in [0.05, 0.1) is 12.2 Å². The number of rotatable bonds is 6. The summed E-state index contributed by atoms with van der Waals surface area (Å²) >= 11 is 5.78. The van der Waals surface area contributed by atoms with Gasteiger partial charge < -0.3 is 10.1 Å². The van der Waals surface area contributed by atoms with Gasteiger partial charge in [0.15, 0.2) is 0 Å². The molecule has 0 aliphatic rings. The summed E-state index contributed by atoms with van der Waals surface area (Å²) in [6, 6.07) is 10.6. The molecule has 4 nitrogen and oxygen atoms in total. The minimum absolute atomic E-state index is 0.0856. The summed E-state index contributed by atoms with van der Waals surface area (Å²) < 4.78 is 5.17. The van der Waals surface area contributed by atoms with Crippen LogP contribution in [-0.4, -0.2) is 18.5 Å². The number of hydrogen-bond donors (Lipinski definition) is 1. The Labute approximate surface area is 153 Å². The molecule has 25 heavy (non-hydrogen) atoms. The molecule has 132 valence electrons. The summed E-state index contributed by atoms with van der Waals surface area (Å²) in [4.78, 5) is 23.9. The molecular formula is C20H22ClNO3. The molecular weight excluding hydrogens is 338 g/mol. The molecule has 2 aromatic rings. The number of amides is 1. The van der Waals surface area contributed by atoms with E-state index in [1.165, 1.54) is 5.56 Å². The molecule has 0 unspecified atom stereocenters. The van der Waals surface area contributed by atoms with Crippen LogP contribution in [0.4, 0.5) is 5.69 Å². The van der Waals surface area contributed by atoms with Crippen molar-refractivity contribution in [2.45, 2.75) is 33.6 Å². The van der Waals surface area contributed by atoms with Crippen molar-refractivity contribution in [3.63, 3.8) is 0 Å². The van der Waals surface area contributed by atoms with E-state index in [0.29, 0.717) is 23.4 Å². The fraction of sp³-hybridized carbons (Fsp3) is 0.300. The molecule has 0 saturated heterocycles. The first-order valence-electron chi connectivity index (χ1n) is 8.17. The number of anilines is 1. The third-order valence-electron chi connectivity index (χ3n) is 3.80. The van der Waals surface area contributed by atoms with Crippen molar-refractivity contribution < 1.29 is 14.3 Å². The summed E-state index contributed by atoms with van der Waals surface area (Å²) in [6.07, 6.45) is 0.760. The van der Waals surface area contributed by atoms with Crippen LogP contribution in [0, 0.1) is 20.8 Å². The lowest BCUT2D eigenvalue weighted by Crippen LogP contribution is -2.15. The van der Waals surface area contributed by atoms with Crippen LogP contribution in [0.2, 0.25) is 5.02 Å². The van der Waals surface area contributed by atoms with Gasteiger partial charge >= 0.3 is 5.97 Å². The quantitative estimate of drug-likeness (QED) is 0.593. The van der Waals surface area contributed by atoms with Crippen LogP contribution >= 0.6 is 11.6 Å². The van der Waals surface area contributed by atoms with E-state index in [4.69, 9.17) is 16.3 Å². The normalized spacial score (nSPS) is 10.4. The topological polar surface area (TPSA) is 55.4 Å². The molecule has 1 N–H and O–H groups in total. The zero-order chi connectivity index (χ0) is 18.4. The Kier molecular flexibility index (Phi) is 6.59. The van der Waals surface area contributed by atoms with Crippen molar-refractivity contribution in [3.8, 4) is 0 Å². The maximum Gasteiger partial charge on any atom is 0.338 e. The average molecular weight is 360 g/mol. The highest BCUT2D eigenvalue weighted by Gasteiger charge is 2.10. The van der Waals surface area contributed by atoms with Gasteiger partial charge in [0.25, 0.3) is 0 Å². The molecule has 5 heteroatoms. The Morgan fingerprint density at radius 2 is 1.64 bits per heavy atom. The smallest absolute Gasteiger partial charge is 0.338 e. The maximum atomic E-state index is 12.1. The Bertz CT molecular complexity index is 746. The third kappa shape index (κ3) is 5.61. The molecule has 1 amide bonds. The summed E-state index contributed by atoms with van der Waals surface area (Å²) in [5, 5.41) is 3.50. The first-order valence-corrected chi connectivity index (χ1v) is 8.55. The Morgan fingerprint density at radius 3 is 2.24 bits per heavy atom. The van der Waals surface area contributed by atoms with Gasteiger partial charge in [0, 0.05) is 17.1 Å². The number of esters is 1. The predicted molar refractivity (Wildman–Crippen MR) is 100 cm³/mol. The van der Waals surface area contributed by atoms with Crippen LogP contribution in [0.25, 0.3) is 0 Å². The standard InChI is InChI=1S/C20H22ClNO3/c1-13-11-14(2)19(15(3)12-13)22-18(23)5-4-10-25-20(24)16-6-8-17(21)9-7-16/h6-9,11-12H,4-5,10H2,1-3H3,(H,22,23). The van der Waals surface area contributed by atoms with Crippen molar-refractivity contribution in [3.05, 3.63) is 63.7 Å². The average Bonchev–Trinajstić information content (AvgIpc) is 2.55. The summed E-state index contributed by atoms with van der Waals surface area (Å²) in [5.74, 6) is -0.500. The first kappa shape index (κ1) is 19.0. The summed E-state index contributed by atoms with van der Waals surface area (Å²) in [7, 11) is 0. The highest BCUT2D eigenvalue weighted by atomic mass is 35.5. The fourth-order valence-corrected chi connectivity index (χ4v) is 2.77. The zero-order valence-corrected chi connectivity index (χ0v) is 15.4. The lowest BCUT2D eigenvalue weighted by atomic mass is 10.0. The molecule has 0 aromatic heterocycles. The molecule has 0 spiro atoms. The van der Waals surface area contributed by atoms with Crippen molar-refractivity contribution in [1.29, 1.82) is 0 Å². The number of hydrogen-bond acceptors (Lipinski definition) is 3. The summed E-state index contributed by atoms with van der Waals surface area (Å²) in [5.41, 5.74) is 4.55. The van der Waals surface area contributed by atoms with Gasteiger partial charge in [0.1, 0.15) is 0 Å². The second-order valence-corrected chi connectivity index (χ2v) is 6.50. The number of aryl methyl sites for hydroxylation is 3. The van der Waals surface area contributed by atoms with Crippen LogP contribution in [0.3, 0.4) is 0 Å². The Morgan fingerprint density at radius 1 is 1.04 bits per heavy atom. The van der Waals surface area contributed by atoms with Crippen molar-refractivity contribution in [1.82, 2.24) is 0 Å². The number of nitrogens with one attached hydrogen (secondary N) is 1. The van der Waals surface area contributed by atoms with E-state index in [-0.39, 0.29) is 12.5 Å². The largest absolute Gasteiger partial charge is 0.462 e. The molecule has 0 aliphatic carbocycles. The number of benzene rings is 2. The number of ether oxygens (including phenoxy) is 1. The van der Waals surface area contributed by atoms with Gasteiger partial charge in [-0.25, -0.2) is 4.79 Å². The van der Waals surface area contributed by atoms with E-state index in [9.17, 15) is 9.59 Å². The van der Waals surface area contributed by atoms with Crippen LogP contribution in [0.5, 0.6) is 0 Å².